The zero-order valence-corrected chi connectivity index (χ0v) is 15.1. The quantitative estimate of drug-likeness (QED) is 0.775. The second-order valence-corrected chi connectivity index (χ2v) is 7.51. The molecule has 0 spiro atoms. The van der Waals surface area contributed by atoms with Crippen LogP contribution in [0.25, 0.3) is 10.4 Å². The third-order valence-electron chi connectivity index (χ3n) is 4.96. The summed E-state index contributed by atoms with van der Waals surface area (Å²) in [6, 6.07) is 12.4. The Hall–Kier alpha value is -1.68. The first-order chi connectivity index (χ1) is 11.8. The Labute approximate surface area is 148 Å². The minimum Gasteiger partial charge on any atom is -0.348 e. The lowest BCUT2D eigenvalue weighted by atomic mass is 9.81. The summed E-state index contributed by atoms with van der Waals surface area (Å²) in [5.41, 5.74) is 1.67. The van der Waals surface area contributed by atoms with Crippen LogP contribution in [0.2, 0.25) is 0 Å². The van der Waals surface area contributed by atoms with E-state index >= 15 is 0 Å². The molecule has 4 heteroatoms. The van der Waals surface area contributed by atoms with Crippen molar-refractivity contribution in [1.82, 2.24) is 9.69 Å². The molecule has 1 fully saturated rings. The molecule has 1 aromatic heterocycles. The number of hydrogen-bond acceptors (Lipinski definition) is 3. The zero-order chi connectivity index (χ0) is 16.8. The van der Waals surface area contributed by atoms with Gasteiger partial charge in [-0.05, 0) is 48.3 Å². The predicted octanol–water partition coefficient (Wildman–Crippen LogP) is 5.29. The van der Waals surface area contributed by atoms with E-state index in [1.165, 1.54) is 50.1 Å². The number of nitrogens with zero attached hydrogens (tertiary/aromatic N) is 1. The average molecular weight is 343 g/mol. The molecule has 0 radical (unpaired) electrons. The van der Waals surface area contributed by atoms with E-state index in [4.69, 9.17) is 0 Å². The van der Waals surface area contributed by atoms with E-state index in [0.29, 0.717) is 17.7 Å². The molecule has 2 aromatic rings. The Balaban J connectivity index is 1.65. The summed E-state index contributed by atoms with van der Waals surface area (Å²) in [5, 5.41) is 3.26. The molecule has 0 aliphatic heterocycles. The summed E-state index contributed by atoms with van der Waals surface area (Å²) in [6.45, 7) is 2.23. The van der Waals surface area contributed by atoms with Crippen molar-refractivity contribution in [2.75, 3.05) is 0 Å². The lowest BCUT2D eigenvalue weighted by molar-refractivity contribution is 0.0898. The fraction of sp³-hybridized carbons (Fsp3) is 0.500. The largest absolute Gasteiger partial charge is 0.348 e. The predicted molar refractivity (Wildman–Crippen MR) is 100 cm³/mol. The number of hydrogen-bond donors (Lipinski definition) is 1. The number of carbonyl (C=O) groups excluding carboxylic acids is 1. The van der Waals surface area contributed by atoms with Crippen molar-refractivity contribution < 1.29 is 4.79 Å². The van der Waals surface area contributed by atoms with Crippen LogP contribution in [0.5, 0.6) is 0 Å². The van der Waals surface area contributed by atoms with Gasteiger partial charge in [-0.15, -0.1) is 0 Å². The van der Waals surface area contributed by atoms with Crippen molar-refractivity contribution in [1.29, 1.82) is 0 Å². The smallest absolute Gasteiger partial charge is 0.271 e. The number of unbranched alkanes of at least 4 members (excludes halogenated alkanes) is 1. The molecular weight excluding hydrogens is 316 g/mol. The molecule has 2 unspecified atom stereocenters. The maximum atomic E-state index is 12.6. The molecule has 1 amide bonds. The van der Waals surface area contributed by atoms with E-state index in [1.54, 1.807) is 0 Å². The van der Waals surface area contributed by atoms with Crippen molar-refractivity contribution in [3.8, 4) is 10.4 Å². The average Bonchev–Trinajstić information content (AvgIpc) is 3.12. The van der Waals surface area contributed by atoms with Crippen molar-refractivity contribution >= 4 is 17.4 Å². The molecule has 0 saturated heterocycles. The Bertz CT molecular complexity index is 653. The van der Waals surface area contributed by atoms with Crippen LogP contribution < -0.4 is 5.32 Å². The fourth-order valence-electron chi connectivity index (χ4n) is 3.57. The maximum absolute atomic E-state index is 12.6. The van der Waals surface area contributed by atoms with Gasteiger partial charge >= 0.3 is 0 Å². The zero-order valence-electron chi connectivity index (χ0n) is 14.3. The number of benzene rings is 1. The fourth-order valence-corrected chi connectivity index (χ4v) is 4.31. The van der Waals surface area contributed by atoms with E-state index in [-0.39, 0.29) is 5.91 Å². The lowest BCUT2D eigenvalue weighted by Crippen LogP contribution is -2.42. The van der Waals surface area contributed by atoms with Crippen molar-refractivity contribution in [3.05, 3.63) is 42.1 Å². The molecule has 0 bridgehead atoms. The van der Waals surface area contributed by atoms with Crippen LogP contribution in [0.1, 0.15) is 62.4 Å². The van der Waals surface area contributed by atoms with Gasteiger partial charge in [0.25, 0.3) is 5.91 Å². The molecule has 1 aliphatic rings. The van der Waals surface area contributed by atoms with Crippen LogP contribution in [0.15, 0.2) is 36.4 Å². The Kier molecular flexibility index (Phi) is 6.02. The third kappa shape index (κ3) is 4.23. The number of nitrogens with one attached hydrogen (secondary N) is 1. The topological polar surface area (TPSA) is 42.0 Å². The van der Waals surface area contributed by atoms with Gasteiger partial charge in [-0.2, -0.15) is 4.37 Å². The molecule has 1 aromatic carbocycles. The van der Waals surface area contributed by atoms with Gasteiger partial charge in [-0.25, -0.2) is 0 Å². The second kappa shape index (κ2) is 8.43. The molecule has 128 valence electrons. The summed E-state index contributed by atoms with van der Waals surface area (Å²) in [4.78, 5) is 13.7. The van der Waals surface area contributed by atoms with E-state index < -0.39 is 0 Å². The molecule has 1 N–H and O–H groups in total. The summed E-state index contributed by atoms with van der Waals surface area (Å²) >= 11 is 1.40. The summed E-state index contributed by atoms with van der Waals surface area (Å²) in [6.07, 6.45) is 8.59. The van der Waals surface area contributed by atoms with E-state index in [1.807, 2.05) is 24.3 Å². The van der Waals surface area contributed by atoms with Gasteiger partial charge < -0.3 is 5.32 Å². The summed E-state index contributed by atoms with van der Waals surface area (Å²) in [5.74, 6) is 0.622. The minimum absolute atomic E-state index is 0.0122. The van der Waals surface area contributed by atoms with Crippen molar-refractivity contribution in [2.24, 2.45) is 5.92 Å². The highest BCUT2D eigenvalue weighted by molar-refractivity contribution is 7.09. The number of aromatic nitrogens is 1. The molecule has 2 atom stereocenters. The van der Waals surface area contributed by atoms with Crippen LogP contribution in [0, 0.1) is 5.92 Å². The standard InChI is InChI=1S/C20H26N2OS/c1-2-3-9-15-10-7-8-13-17(15)21-20(23)18-14-19(24-22-18)16-11-5-4-6-12-16/h4-6,11-12,14-15,17H,2-3,7-10,13H2,1H3,(H,21,23). The first kappa shape index (κ1) is 17.2. The molecule has 3 nitrogen and oxygen atoms in total. The summed E-state index contributed by atoms with van der Waals surface area (Å²) < 4.78 is 4.37. The minimum atomic E-state index is -0.0122. The Morgan fingerprint density at radius 2 is 2.04 bits per heavy atom. The Morgan fingerprint density at radius 3 is 2.83 bits per heavy atom. The van der Waals surface area contributed by atoms with E-state index in [9.17, 15) is 4.79 Å². The molecular formula is C20H26N2OS. The normalized spacial score (nSPS) is 20.7. The van der Waals surface area contributed by atoms with Gasteiger partial charge in [0, 0.05) is 6.04 Å². The van der Waals surface area contributed by atoms with Crippen molar-refractivity contribution in [3.63, 3.8) is 0 Å². The van der Waals surface area contributed by atoms with Crippen LogP contribution in [-0.4, -0.2) is 16.3 Å². The van der Waals surface area contributed by atoms with Crippen molar-refractivity contribution in [2.45, 2.75) is 57.9 Å². The van der Waals surface area contributed by atoms with E-state index in [0.717, 1.165) is 16.9 Å². The number of amides is 1. The molecule has 1 heterocycles. The monoisotopic (exact) mass is 342 g/mol. The first-order valence-electron chi connectivity index (χ1n) is 9.11. The second-order valence-electron chi connectivity index (χ2n) is 6.71. The number of carbonyl (C=O) groups is 1. The highest BCUT2D eigenvalue weighted by Crippen LogP contribution is 2.29. The maximum Gasteiger partial charge on any atom is 0.271 e. The molecule has 3 rings (SSSR count). The van der Waals surface area contributed by atoms with Gasteiger partial charge in [0.05, 0.1) is 4.88 Å². The highest BCUT2D eigenvalue weighted by Gasteiger charge is 2.27. The Morgan fingerprint density at radius 1 is 1.25 bits per heavy atom. The van der Waals surface area contributed by atoms with Crippen LogP contribution in [0.3, 0.4) is 0 Å². The van der Waals surface area contributed by atoms with Gasteiger partial charge in [0.1, 0.15) is 5.69 Å². The van der Waals surface area contributed by atoms with Gasteiger partial charge in [0.15, 0.2) is 0 Å². The highest BCUT2D eigenvalue weighted by atomic mass is 32.1. The van der Waals surface area contributed by atoms with Gasteiger partial charge in [0.2, 0.25) is 0 Å². The van der Waals surface area contributed by atoms with Crippen LogP contribution in [-0.2, 0) is 0 Å². The molecule has 1 saturated carbocycles. The SMILES string of the molecule is CCCCC1CCCCC1NC(=O)c1cc(-c2ccccc2)sn1. The third-order valence-corrected chi connectivity index (χ3v) is 5.79. The van der Waals surface area contributed by atoms with Gasteiger partial charge in [-0.1, -0.05) is 62.9 Å². The van der Waals surface area contributed by atoms with E-state index in [2.05, 4.69) is 28.7 Å². The van der Waals surface area contributed by atoms with Crippen LogP contribution >= 0.6 is 11.5 Å². The first-order valence-corrected chi connectivity index (χ1v) is 9.88. The lowest BCUT2D eigenvalue weighted by Gasteiger charge is -2.32. The summed E-state index contributed by atoms with van der Waals surface area (Å²) in [7, 11) is 0. The van der Waals surface area contributed by atoms with Crippen LogP contribution in [0.4, 0.5) is 0 Å². The molecule has 1 aliphatic carbocycles. The molecule has 24 heavy (non-hydrogen) atoms. The number of rotatable bonds is 6. The van der Waals surface area contributed by atoms with Gasteiger partial charge in [-0.3, -0.25) is 4.79 Å².